The molecule has 8 heteroatoms. The molecule has 1 fully saturated rings. The van der Waals surface area contributed by atoms with Crippen LogP contribution in [0, 0.1) is 5.92 Å². The topological polar surface area (TPSA) is 69.2 Å². The molecule has 1 unspecified atom stereocenters. The second-order valence-electron chi connectivity index (χ2n) is 9.23. The van der Waals surface area contributed by atoms with Crippen LogP contribution in [0.2, 0.25) is 0 Å². The number of carbonyl (C=O) groups excluding carboxylic acids is 1. The number of benzene rings is 1. The number of morpholine rings is 1. The standard InChI is InChI=1S/C25H41N5O2.HI/c1-4-26-25(28-16-23-19-29(14-15-32-23)17-20(2)3)27-12-7-10-24(31)30-13-11-21-8-5-6-9-22(21)18-30;/h5-6,8-9,20,23H,4,7,10-19H2,1-3H3,(H2,26,27,28);1H. The van der Waals surface area contributed by atoms with Crippen LogP contribution in [-0.2, 0) is 22.5 Å². The summed E-state index contributed by atoms with van der Waals surface area (Å²) in [7, 11) is 0. The monoisotopic (exact) mass is 571 g/mol. The fourth-order valence-electron chi connectivity index (χ4n) is 4.42. The van der Waals surface area contributed by atoms with E-state index in [4.69, 9.17) is 9.73 Å². The quantitative estimate of drug-likeness (QED) is 0.207. The van der Waals surface area contributed by atoms with Crippen LogP contribution in [0.4, 0.5) is 0 Å². The number of rotatable bonds is 9. The van der Waals surface area contributed by atoms with Gasteiger partial charge in [0.2, 0.25) is 5.91 Å². The van der Waals surface area contributed by atoms with E-state index in [0.717, 1.165) is 71.2 Å². The molecule has 1 saturated heterocycles. The molecule has 0 aliphatic carbocycles. The van der Waals surface area contributed by atoms with Gasteiger partial charge in [0.25, 0.3) is 0 Å². The number of halogens is 1. The molecule has 33 heavy (non-hydrogen) atoms. The van der Waals surface area contributed by atoms with Crippen molar-refractivity contribution in [2.45, 2.75) is 52.7 Å². The Hall–Kier alpha value is -1.39. The lowest BCUT2D eigenvalue weighted by Gasteiger charge is -2.33. The summed E-state index contributed by atoms with van der Waals surface area (Å²) in [4.78, 5) is 21.8. The van der Waals surface area contributed by atoms with Crippen molar-refractivity contribution in [3.63, 3.8) is 0 Å². The van der Waals surface area contributed by atoms with Crippen LogP contribution in [-0.4, -0.2) is 80.2 Å². The van der Waals surface area contributed by atoms with Gasteiger partial charge in [0.1, 0.15) is 0 Å². The van der Waals surface area contributed by atoms with Gasteiger partial charge in [-0.3, -0.25) is 14.7 Å². The van der Waals surface area contributed by atoms with Crippen molar-refractivity contribution in [1.82, 2.24) is 20.4 Å². The fourth-order valence-corrected chi connectivity index (χ4v) is 4.42. The van der Waals surface area contributed by atoms with Gasteiger partial charge in [-0.2, -0.15) is 0 Å². The van der Waals surface area contributed by atoms with Gasteiger partial charge in [-0.1, -0.05) is 38.1 Å². The molecule has 2 N–H and O–H groups in total. The Morgan fingerprint density at radius 2 is 2.00 bits per heavy atom. The highest BCUT2D eigenvalue weighted by Gasteiger charge is 2.21. The van der Waals surface area contributed by atoms with Crippen LogP contribution < -0.4 is 10.6 Å². The van der Waals surface area contributed by atoms with Gasteiger partial charge in [-0.25, -0.2) is 0 Å². The predicted molar refractivity (Wildman–Crippen MR) is 145 cm³/mol. The lowest BCUT2D eigenvalue weighted by Crippen LogP contribution is -2.46. The number of hydrogen-bond donors (Lipinski definition) is 2. The third-order valence-corrected chi connectivity index (χ3v) is 5.99. The molecule has 1 aromatic rings. The van der Waals surface area contributed by atoms with Crippen molar-refractivity contribution in [3.8, 4) is 0 Å². The molecule has 0 spiro atoms. The smallest absolute Gasteiger partial charge is 0.222 e. The lowest BCUT2D eigenvalue weighted by molar-refractivity contribution is -0.132. The predicted octanol–water partition coefficient (Wildman–Crippen LogP) is 2.88. The van der Waals surface area contributed by atoms with E-state index in [1.165, 1.54) is 11.1 Å². The van der Waals surface area contributed by atoms with E-state index in [1.54, 1.807) is 0 Å². The summed E-state index contributed by atoms with van der Waals surface area (Å²) in [5.74, 6) is 1.71. The molecule has 0 bridgehead atoms. The summed E-state index contributed by atoms with van der Waals surface area (Å²) < 4.78 is 5.91. The minimum absolute atomic E-state index is 0. The molecule has 3 rings (SSSR count). The van der Waals surface area contributed by atoms with Crippen molar-refractivity contribution in [3.05, 3.63) is 35.4 Å². The summed E-state index contributed by atoms with van der Waals surface area (Å²) >= 11 is 0. The number of nitrogens with one attached hydrogen (secondary N) is 2. The Balaban J connectivity index is 0.00000385. The van der Waals surface area contributed by atoms with Gasteiger partial charge >= 0.3 is 0 Å². The number of carbonyl (C=O) groups is 1. The van der Waals surface area contributed by atoms with Crippen LogP contribution in [0.1, 0.15) is 44.7 Å². The first-order valence-electron chi connectivity index (χ1n) is 12.3. The van der Waals surface area contributed by atoms with Crippen LogP contribution in [0.5, 0.6) is 0 Å². The van der Waals surface area contributed by atoms with Crippen LogP contribution >= 0.6 is 24.0 Å². The number of fused-ring (bicyclic) bond motifs is 1. The Morgan fingerprint density at radius 3 is 2.76 bits per heavy atom. The molecule has 2 heterocycles. The van der Waals surface area contributed by atoms with Crippen LogP contribution in [0.15, 0.2) is 29.3 Å². The first kappa shape index (κ1) is 27.9. The first-order chi connectivity index (χ1) is 15.5. The van der Waals surface area contributed by atoms with Gasteiger partial charge in [0.05, 0.1) is 19.3 Å². The van der Waals surface area contributed by atoms with E-state index in [-0.39, 0.29) is 36.0 Å². The molecular weight excluding hydrogens is 529 g/mol. The van der Waals surface area contributed by atoms with Crippen molar-refractivity contribution >= 4 is 35.8 Å². The zero-order chi connectivity index (χ0) is 22.8. The zero-order valence-corrected chi connectivity index (χ0v) is 22.8. The maximum Gasteiger partial charge on any atom is 0.222 e. The Bertz CT molecular complexity index is 758. The number of amides is 1. The van der Waals surface area contributed by atoms with E-state index >= 15 is 0 Å². The summed E-state index contributed by atoms with van der Waals surface area (Å²) in [5, 5.41) is 6.68. The average Bonchev–Trinajstić information content (AvgIpc) is 2.79. The van der Waals surface area contributed by atoms with Crippen molar-refractivity contribution < 1.29 is 9.53 Å². The van der Waals surface area contributed by atoms with Gasteiger partial charge in [0.15, 0.2) is 5.96 Å². The van der Waals surface area contributed by atoms with Crippen LogP contribution in [0.3, 0.4) is 0 Å². The van der Waals surface area contributed by atoms with Gasteiger partial charge in [-0.15, -0.1) is 24.0 Å². The van der Waals surface area contributed by atoms with Gasteiger partial charge in [-0.05, 0) is 36.8 Å². The summed E-state index contributed by atoms with van der Waals surface area (Å²) in [6.07, 6.45) is 2.45. The van der Waals surface area contributed by atoms with E-state index in [1.807, 2.05) is 4.90 Å². The van der Waals surface area contributed by atoms with Gasteiger partial charge in [0, 0.05) is 52.2 Å². The van der Waals surface area contributed by atoms with Crippen molar-refractivity contribution in [2.75, 3.05) is 52.4 Å². The van der Waals surface area contributed by atoms with Crippen molar-refractivity contribution in [2.24, 2.45) is 10.9 Å². The minimum atomic E-state index is 0. The molecule has 0 saturated carbocycles. The summed E-state index contributed by atoms with van der Waals surface area (Å²) in [6, 6.07) is 8.43. The molecule has 186 valence electrons. The fraction of sp³-hybridized carbons (Fsp3) is 0.680. The summed E-state index contributed by atoms with van der Waals surface area (Å²) in [6.45, 7) is 14.2. The Morgan fingerprint density at radius 1 is 1.21 bits per heavy atom. The third-order valence-electron chi connectivity index (χ3n) is 5.99. The average molecular weight is 572 g/mol. The maximum atomic E-state index is 12.6. The molecule has 1 amide bonds. The second-order valence-corrected chi connectivity index (χ2v) is 9.23. The molecular formula is C25H42IN5O2. The molecule has 2 aliphatic rings. The lowest BCUT2D eigenvalue weighted by atomic mass is 9.99. The second kappa shape index (κ2) is 14.8. The number of nitrogens with zero attached hydrogens (tertiary/aromatic N) is 3. The molecule has 0 radical (unpaired) electrons. The number of hydrogen-bond acceptors (Lipinski definition) is 4. The summed E-state index contributed by atoms with van der Waals surface area (Å²) in [5.41, 5.74) is 2.66. The highest BCUT2D eigenvalue weighted by atomic mass is 127. The highest BCUT2D eigenvalue weighted by molar-refractivity contribution is 14.0. The SMILES string of the molecule is CCNC(=NCC1CN(CC(C)C)CCO1)NCCCC(=O)N1CCc2ccccc2C1.I. The minimum Gasteiger partial charge on any atom is -0.374 e. The molecule has 7 nitrogen and oxygen atoms in total. The van der Waals surface area contributed by atoms with E-state index < -0.39 is 0 Å². The first-order valence-corrected chi connectivity index (χ1v) is 12.3. The molecule has 1 atom stereocenters. The highest BCUT2D eigenvalue weighted by Crippen LogP contribution is 2.19. The molecule has 0 aromatic heterocycles. The molecule has 2 aliphatic heterocycles. The van der Waals surface area contributed by atoms with Crippen molar-refractivity contribution in [1.29, 1.82) is 0 Å². The maximum absolute atomic E-state index is 12.6. The zero-order valence-electron chi connectivity index (χ0n) is 20.5. The Kier molecular flexibility index (Phi) is 12.5. The van der Waals surface area contributed by atoms with E-state index in [0.29, 0.717) is 18.9 Å². The Labute approximate surface area is 216 Å². The third kappa shape index (κ3) is 9.41. The number of guanidine groups is 1. The molecule has 1 aromatic carbocycles. The number of ether oxygens (including phenoxy) is 1. The number of aliphatic imine (C=N–C) groups is 1. The van der Waals surface area contributed by atoms with Crippen LogP contribution in [0.25, 0.3) is 0 Å². The van der Waals surface area contributed by atoms with E-state index in [9.17, 15) is 4.79 Å². The van der Waals surface area contributed by atoms with E-state index in [2.05, 4.69) is 60.6 Å². The van der Waals surface area contributed by atoms with Gasteiger partial charge < -0.3 is 20.3 Å². The normalized spacial score (nSPS) is 19.1. The largest absolute Gasteiger partial charge is 0.374 e.